The van der Waals surface area contributed by atoms with E-state index in [1.54, 1.807) is 0 Å². The Balaban J connectivity index is 4.13. The number of allylic oxidation sites excluding steroid dienone is 2. The molecule has 18 heavy (non-hydrogen) atoms. The highest BCUT2D eigenvalue weighted by molar-refractivity contribution is 6.63. The van der Waals surface area contributed by atoms with Crippen LogP contribution in [0, 0.1) is 11.8 Å². The van der Waals surface area contributed by atoms with Crippen molar-refractivity contribution in [3.05, 3.63) is 12.2 Å². The molecule has 0 heterocycles. The van der Waals surface area contributed by atoms with Gasteiger partial charge >= 0.3 is 5.97 Å². The Kier molecular flexibility index (Phi) is 9.66. The number of aliphatic carboxylic acids is 1. The van der Waals surface area contributed by atoms with Gasteiger partial charge in [0.1, 0.15) is 0 Å². The van der Waals surface area contributed by atoms with Crippen LogP contribution >= 0.6 is 11.6 Å². The maximum atomic E-state index is 11.1. The monoisotopic (exact) mass is 274 g/mol. The summed E-state index contributed by atoms with van der Waals surface area (Å²) in [6.07, 6.45) is 8.13. The van der Waals surface area contributed by atoms with Crippen molar-refractivity contribution in [2.45, 2.75) is 52.4 Å². The molecule has 0 aliphatic heterocycles. The molecule has 0 aromatic carbocycles. The zero-order valence-corrected chi connectivity index (χ0v) is 11.9. The number of halogens is 1. The van der Waals surface area contributed by atoms with Crippen molar-refractivity contribution in [3.63, 3.8) is 0 Å². The van der Waals surface area contributed by atoms with Crippen LogP contribution in [-0.2, 0) is 9.59 Å². The summed E-state index contributed by atoms with van der Waals surface area (Å²) < 4.78 is 0. The minimum absolute atomic E-state index is 0.137. The highest BCUT2D eigenvalue weighted by Crippen LogP contribution is 2.17. The van der Waals surface area contributed by atoms with Crippen LogP contribution in [0.15, 0.2) is 12.2 Å². The average Bonchev–Trinajstić information content (AvgIpc) is 2.30. The normalized spacial score (nSPS) is 14.6. The summed E-state index contributed by atoms with van der Waals surface area (Å²) in [4.78, 5) is 22.0. The van der Waals surface area contributed by atoms with Crippen LogP contribution in [0.5, 0.6) is 0 Å². The number of carbonyl (C=O) groups excluding carboxylic acids is 1. The van der Waals surface area contributed by atoms with Crippen LogP contribution in [-0.4, -0.2) is 16.3 Å². The maximum Gasteiger partial charge on any atom is 0.306 e. The van der Waals surface area contributed by atoms with Gasteiger partial charge in [0.15, 0.2) is 0 Å². The number of hydrogen-bond acceptors (Lipinski definition) is 2. The van der Waals surface area contributed by atoms with Crippen molar-refractivity contribution in [1.29, 1.82) is 0 Å². The zero-order chi connectivity index (χ0) is 14.0. The van der Waals surface area contributed by atoms with Gasteiger partial charge < -0.3 is 5.11 Å². The minimum atomic E-state index is -0.750. The molecule has 0 aromatic heterocycles. The maximum absolute atomic E-state index is 11.1. The second kappa shape index (κ2) is 10.1. The Bertz CT molecular complexity index is 259. The molecule has 1 N–H and O–H groups in total. The first-order chi connectivity index (χ1) is 8.52. The van der Waals surface area contributed by atoms with Gasteiger partial charge in [0.05, 0.1) is 5.92 Å². The number of carboxylic acid groups (broad SMARTS) is 1. The molecular weight excluding hydrogens is 252 g/mol. The molecule has 0 saturated heterocycles. The van der Waals surface area contributed by atoms with Crippen LogP contribution in [0.4, 0.5) is 0 Å². The lowest BCUT2D eigenvalue weighted by Crippen LogP contribution is -2.12. The van der Waals surface area contributed by atoms with E-state index in [2.05, 4.69) is 0 Å². The van der Waals surface area contributed by atoms with Crippen molar-refractivity contribution in [2.75, 3.05) is 0 Å². The van der Waals surface area contributed by atoms with Crippen molar-refractivity contribution < 1.29 is 14.7 Å². The largest absolute Gasteiger partial charge is 0.481 e. The van der Waals surface area contributed by atoms with E-state index in [9.17, 15) is 9.59 Å². The molecule has 2 unspecified atom stereocenters. The Labute approximate surface area is 114 Å². The van der Waals surface area contributed by atoms with Crippen molar-refractivity contribution >= 4 is 22.8 Å². The van der Waals surface area contributed by atoms with Crippen LogP contribution in [0.3, 0.4) is 0 Å². The molecule has 0 aliphatic rings. The van der Waals surface area contributed by atoms with E-state index < -0.39 is 5.97 Å². The molecule has 0 aliphatic carbocycles. The van der Waals surface area contributed by atoms with Gasteiger partial charge in [-0.2, -0.15) is 0 Å². The van der Waals surface area contributed by atoms with Gasteiger partial charge in [-0.05, 0) is 37.3 Å². The third kappa shape index (κ3) is 7.49. The second-order valence-electron chi connectivity index (χ2n) is 4.56. The lowest BCUT2D eigenvalue weighted by molar-refractivity contribution is -0.141. The third-order valence-corrected chi connectivity index (χ3v) is 3.26. The summed E-state index contributed by atoms with van der Waals surface area (Å²) in [5.41, 5.74) is 0. The van der Waals surface area contributed by atoms with E-state index in [1.807, 2.05) is 26.0 Å². The third-order valence-electron chi connectivity index (χ3n) is 2.95. The Hall–Kier alpha value is -0.830. The van der Waals surface area contributed by atoms with E-state index in [4.69, 9.17) is 16.7 Å². The molecular formula is C14H23ClO3. The summed E-state index contributed by atoms with van der Waals surface area (Å²) >= 11 is 5.50. The molecule has 0 bridgehead atoms. The highest BCUT2D eigenvalue weighted by atomic mass is 35.5. The van der Waals surface area contributed by atoms with E-state index in [0.717, 1.165) is 19.3 Å². The van der Waals surface area contributed by atoms with E-state index in [1.165, 1.54) is 0 Å². The molecule has 0 spiro atoms. The van der Waals surface area contributed by atoms with Gasteiger partial charge in [-0.3, -0.25) is 9.59 Å². The molecule has 2 atom stereocenters. The number of rotatable bonds is 10. The Morgan fingerprint density at radius 2 is 1.50 bits per heavy atom. The predicted molar refractivity (Wildman–Crippen MR) is 73.7 cm³/mol. The fraction of sp³-hybridized carbons (Fsp3) is 0.714. The van der Waals surface area contributed by atoms with Crippen LogP contribution in [0.1, 0.15) is 52.4 Å². The van der Waals surface area contributed by atoms with Crippen LogP contribution < -0.4 is 0 Å². The first-order valence-corrected chi connectivity index (χ1v) is 6.97. The summed E-state index contributed by atoms with van der Waals surface area (Å²) in [5.74, 6) is -1.20. The molecule has 0 rings (SSSR count). The summed E-state index contributed by atoms with van der Waals surface area (Å²) in [6.45, 7) is 3.99. The van der Waals surface area contributed by atoms with Gasteiger partial charge in [-0.25, -0.2) is 0 Å². The fourth-order valence-electron chi connectivity index (χ4n) is 1.88. The van der Waals surface area contributed by atoms with Crippen LogP contribution in [0.2, 0.25) is 0 Å². The van der Waals surface area contributed by atoms with Gasteiger partial charge in [0.25, 0.3) is 0 Å². The average molecular weight is 275 g/mol. The minimum Gasteiger partial charge on any atom is -0.481 e. The van der Waals surface area contributed by atoms with Gasteiger partial charge in [0.2, 0.25) is 5.24 Å². The van der Waals surface area contributed by atoms with Gasteiger partial charge in [-0.1, -0.05) is 38.8 Å². The van der Waals surface area contributed by atoms with Gasteiger partial charge in [0, 0.05) is 5.92 Å². The molecule has 4 heteroatoms. The van der Waals surface area contributed by atoms with Crippen molar-refractivity contribution in [3.8, 4) is 0 Å². The zero-order valence-electron chi connectivity index (χ0n) is 11.2. The lowest BCUT2D eigenvalue weighted by atomic mass is 9.97. The predicted octanol–water partition coefficient (Wildman–Crippen LogP) is 4.01. The second-order valence-corrected chi connectivity index (χ2v) is 4.93. The quantitative estimate of drug-likeness (QED) is 0.484. The number of carbonyl (C=O) groups is 2. The van der Waals surface area contributed by atoms with E-state index in [0.29, 0.717) is 19.3 Å². The summed E-state index contributed by atoms with van der Waals surface area (Å²) in [6, 6.07) is 0. The number of hydrogen-bond donors (Lipinski definition) is 1. The molecule has 0 aromatic rings. The number of carboxylic acids is 1. The highest BCUT2D eigenvalue weighted by Gasteiger charge is 2.15. The van der Waals surface area contributed by atoms with Crippen LogP contribution in [0.25, 0.3) is 0 Å². The molecule has 104 valence electrons. The first-order valence-electron chi connectivity index (χ1n) is 6.60. The van der Waals surface area contributed by atoms with Crippen molar-refractivity contribution in [2.24, 2.45) is 11.8 Å². The Morgan fingerprint density at radius 3 is 1.89 bits per heavy atom. The lowest BCUT2D eigenvalue weighted by Gasteiger charge is -2.09. The molecule has 0 amide bonds. The topological polar surface area (TPSA) is 54.4 Å². The Morgan fingerprint density at radius 1 is 1.06 bits per heavy atom. The molecule has 0 saturated carbocycles. The fourth-order valence-corrected chi connectivity index (χ4v) is 2.08. The smallest absolute Gasteiger partial charge is 0.306 e. The van der Waals surface area contributed by atoms with Crippen molar-refractivity contribution in [1.82, 2.24) is 0 Å². The van der Waals surface area contributed by atoms with E-state index in [-0.39, 0.29) is 17.1 Å². The molecule has 0 fully saturated rings. The summed E-state index contributed by atoms with van der Waals surface area (Å²) in [7, 11) is 0. The molecule has 0 radical (unpaired) electrons. The standard InChI is InChI=1S/C14H23ClO3/c1-3-7-11(13(15)16)9-5-6-10-12(8-4-2)14(17)18/h5-6,11-12H,3-4,7-10H2,1-2H3,(H,17,18). The van der Waals surface area contributed by atoms with E-state index >= 15 is 0 Å². The summed E-state index contributed by atoms with van der Waals surface area (Å²) in [5, 5.41) is 8.68. The SMILES string of the molecule is CCCC(CC=CCC(CCC)C(=O)Cl)C(=O)O. The first kappa shape index (κ1) is 17.2. The molecule has 3 nitrogen and oxygen atoms in total. The van der Waals surface area contributed by atoms with Gasteiger partial charge in [-0.15, -0.1) is 0 Å².